The maximum Gasteiger partial charge on any atom is 0.253 e. The summed E-state index contributed by atoms with van der Waals surface area (Å²) >= 11 is 0. The Balaban J connectivity index is 1.59. The third-order valence-corrected chi connectivity index (χ3v) is 7.20. The zero-order chi connectivity index (χ0) is 27.8. The van der Waals surface area contributed by atoms with Gasteiger partial charge in [0.15, 0.2) is 11.5 Å². The number of anilines is 2. The third-order valence-electron chi connectivity index (χ3n) is 7.20. The lowest BCUT2D eigenvalue weighted by molar-refractivity contribution is 0.0766. The van der Waals surface area contributed by atoms with Crippen molar-refractivity contribution in [1.82, 2.24) is 14.9 Å². The van der Waals surface area contributed by atoms with E-state index in [1.807, 2.05) is 11.0 Å². The van der Waals surface area contributed by atoms with E-state index in [4.69, 9.17) is 20.2 Å². The van der Waals surface area contributed by atoms with Gasteiger partial charge in [-0.2, -0.15) is 4.98 Å². The number of nitrogens with two attached hydrogens (primary N) is 1. The summed E-state index contributed by atoms with van der Waals surface area (Å²) in [6, 6.07) is 9.99. The molecule has 0 radical (unpaired) electrons. The summed E-state index contributed by atoms with van der Waals surface area (Å²) in [5.41, 5.74) is 10.0. The highest BCUT2D eigenvalue weighted by molar-refractivity contribution is 5.95. The van der Waals surface area contributed by atoms with Crippen LogP contribution >= 0.6 is 0 Å². The summed E-state index contributed by atoms with van der Waals surface area (Å²) in [6.07, 6.45) is 0.810. The Labute approximate surface area is 226 Å². The molecule has 0 atom stereocenters. The zero-order valence-electron chi connectivity index (χ0n) is 24.0. The van der Waals surface area contributed by atoms with Gasteiger partial charge < -0.3 is 25.0 Å². The predicted octanol–water partition coefficient (Wildman–Crippen LogP) is 5.18. The molecule has 3 aromatic rings. The van der Waals surface area contributed by atoms with E-state index in [0.717, 1.165) is 18.5 Å². The van der Waals surface area contributed by atoms with Crippen LogP contribution in [0.25, 0.3) is 10.9 Å². The highest BCUT2D eigenvalue weighted by Gasteiger charge is 2.26. The normalized spacial score (nSPS) is 14.9. The fraction of sp³-hybridized carbons (Fsp3) is 0.500. The van der Waals surface area contributed by atoms with Crippen LogP contribution in [0.3, 0.4) is 0 Å². The second-order valence-electron chi connectivity index (χ2n) is 12.1. The number of nitrogens with zero attached hydrogens (tertiary/aromatic N) is 4. The lowest BCUT2D eigenvalue weighted by Gasteiger charge is -2.27. The molecule has 1 amide bonds. The topological polar surface area (TPSA) is 93.8 Å². The van der Waals surface area contributed by atoms with Gasteiger partial charge in [0, 0.05) is 43.2 Å². The molecule has 8 nitrogen and oxygen atoms in total. The summed E-state index contributed by atoms with van der Waals surface area (Å²) in [5.74, 6) is 2.18. The van der Waals surface area contributed by atoms with Crippen molar-refractivity contribution < 1.29 is 14.3 Å². The first kappa shape index (κ1) is 27.5. The van der Waals surface area contributed by atoms with E-state index in [1.54, 1.807) is 20.3 Å². The molecule has 0 spiro atoms. The number of hydrogen-bond acceptors (Lipinski definition) is 7. The largest absolute Gasteiger partial charge is 0.493 e. The first-order chi connectivity index (χ1) is 17.8. The lowest BCUT2D eigenvalue weighted by Crippen LogP contribution is -2.36. The van der Waals surface area contributed by atoms with Crippen LogP contribution in [0, 0.1) is 0 Å². The molecule has 4 rings (SSSR count). The van der Waals surface area contributed by atoms with Crippen molar-refractivity contribution in [3.05, 3.63) is 47.0 Å². The molecular formula is C30H41N5O3. The molecule has 1 aliphatic rings. The van der Waals surface area contributed by atoms with Gasteiger partial charge in [-0.05, 0) is 46.6 Å². The molecule has 0 saturated carbocycles. The minimum absolute atomic E-state index is 0.0497. The Morgan fingerprint density at radius 1 is 0.816 bits per heavy atom. The first-order valence-corrected chi connectivity index (χ1v) is 13.2. The molecule has 2 aromatic carbocycles. The number of carbonyl (C=O) groups excluding carboxylic acids is 1. The Hall–Kier alpha value is -3.55. The maximum atomic E-state index is 13.7. The number of fused-ring (bicyclic) bond motifs is 1. The number of benzene rings is 2. The third kappa shape index (κ3) is 5.64. The predicted molar refractivity (Wildman–Crippen MR) is 154 cm³/mol. The van der Waals surface area contributed by atoms with E-state index in [1.165, 1.54) is 11.1 Å². The van der Waals surface area contributed by atoms with Crippen molar-refractivity contribution in [2.24, 2.45) is 0 Å². The van der Waals surface area contributed by atoms with Crippen molar-refractivity contribution in [1.29, 1.82) is 0 Å². The van der Waals surface area contributed by atoms with Crippen molar-refractivity contribution >= 4 is 28.6 Å². The number of rotatable bonds is 4. The summed E-state index contributed by atoms with van der Waals surface area (Å²) in [7, 11) is 3.18. The molecule has 1 fully saturated rings. The molecule has 0 unspecified atom stereocenters. The van der Waals surface area contributed by atoms with Crippen molar-refractivity contribution in [3.8, 4) is 11.5 Å². The first-order valence-electron chi connectivity index (χ1n) is 13.2. The van der Waals surface area contributed by atoms with E-state index in [2.05, 4.69) is 69.6 Å². The molecule has 2 heterocycles. The highest BCUT2D eigenvalue weighted by Crippen LogP contribution is 2.34. The monoisotopic (exact) mass is 519 g/mol. The molecule has 0 bridgehead atoms. The molecule has 38 heavy (non-hydrogen) atoms. The summed E-state index contributed by atoms with van der Waals surface area (Å²) in [5, 5.41) is 0.714. The van der Waals surface area contributed by atoms with Gasteiger partial charge in [0.2, 0.25) is 5.95 Å². The van der Waals surface area contributed by atoms with E-state index in [0.29, 0.717) is 53.8 Å². The van der Waals surface area contributed by atoms with Crippen molar-refractivity contribution in [3.63, 3.8) is 0 Å². The summed E-state index contributed by atoms with van der Waals surface area (Å²) in [4.78, 5) is 27.2. The van der Waals surface area contributed by atoms with Crippen LogP contribution in [0.5, 0.6) is 11.5 Å². The van der Waals surface area contributed by atoms with Gasteiger partial charge in [0.05, 0.1) is 19.7 Å². The molecule has 0 aliphatic carbocycles. The molecule has 204 valence electrons. The SMILES string of the molecule is COc1cc2nc(N3CCCN(C(=O)c4cc(C(C)(C)C)cc(C(C)(C)C)c4)CC3)nc(N)c2cc1OC. The number of methoxy groups -OCH3 is 2. The highest BCUT2D eigenvalue weighted by atomic mass is 16.5. The van der Waals surface area contributed by atoms with Crippen molar-refractivity contribution in [2.45, 2.75) is 58.8 Å². The van der Waals surface area contributed by atoms with Crippen LogP contribution in [0.1, 0.15) is 69.4 Å². The van der Waals surface area contributed by atoms with E-state index in [-0.39, 0.29) is 16.7 Å². The van der Waals surface area contributed by atoms with Gasteiger partial charge in [0.1, 0.15) is 5.82 Å². The van der Waals surface area contributed by atoms with Crippen LogP contribution in [-0.4, -0.2) is 61.2 Å². The lowest BCUT2D eigenvalue weighted by atomic mass is 9.79. The average Bonchev–Trinajstić information content (AvgIpc) is 3.12. The number of aromatic nitrogens is 2. The zero-order valence-corrected chi connectivity index (χ0v) is 24.0. The smallest absolute Gasteiger partial charge is 0.253 e. The molecule has 1 saturated heterocycles. The van der Waals surface area contributed by atoms with Gasteiger partial charge in [-0.1, -0.05) is 47.6 Å². The van der Waals surface area contributed by atoms with Crippen LogP contribution in [-0.2, 0) is 10.8 Å². The second-order valence-corrected chi connectivity index (χ2v) is 12.1. The Morgan fingerprint density at radius 2 is 1.42 bits per heavy atom. The van der Waals surface area contributed by atoms with Crippen molar-refractivity contribution in [2.75, 3.05) is 51.0 Å². The van der Waals surface area contributed by atoms with Crippen LogP contribution < -0.4 is 20.1 Å². The van der Waals surface area contributed by atoms with Gasteiger partial charge in [0.25, 0.3) is 5.91 Å². The number of nitrogen functional groups attached to an aromatic ring is 1. The van der Waals surface area contributed by atoms with Gasteiger partial charge in [-0.25, -0.2) is 4.98 Å². The van der Waals surface area contributed by atoms with E-state index in [9.17, 15) is 4.79 Å². The Morgan fingerprint density at radius 3 is 2.00 bits per heavy atom. The molecule has 1 aliphatic heterocycles. The van der Waals surface area contributed by atoms with Crippen LogP contribution in [0.2, 0.25) is 0 Å². The van der Waals surface area contributed by atoms with Crippen LogP contribution in [0.4, 0.5) is 11.8 Å². The number of carbonyl (C=O) groups is 1. The van der Waals surface area contributed by atoms with Gasteiger partial charge in [-0.3, -0.25) is 4.79 Å². The maximum absolute atomic E-state index is 13.7. The number of ether oxygens (including phenoxy) is 2. The van der Waals surface area contributed by atoms with Crippen LogP contribution in [0.15, 0.2) is 30.3 Å². The molecule has 1 aromatic heterocycles. The minimum Gasteiger partial charge on any atom is -0.493 e. The standard InChI is InChI=1S/C30H41N5O3/c1-29(2,3)20-14-19(15-21(16-20)30(4,5)6)27(36)34-10-9-11-35(13-12-34)28-32-23-18-25(38-8)24(37-7)17-22(23)26(31)33-28/h14-18H,9-13H2,1-8H3,(H2,31,32,33). The summed E-state index contributed by atoms with van der Waals surface area (Å²) < 4.78 is 10.8. The van der Waals surface area contributed by atoms with Gasteiger partial charge >= 0.3 is 0 Å². The average molecular weight is 520 g/mol. The summed E-state index contributed by atoms with van der Waals surface area (Å²) in [6.45, 7) is 15.7. The van der Waals surface area contributed by atoms with Gasteiger partial charge in [-0.15, -0.1) is 0 Å². The quantitative estimate of drug-likeness (QED) is 0.508. The number of hydrogen-bond donors (Lipinski definition) is 1. The van der Waals surface area contributed by atoms with E-state index < -0.39 is 0 Å². The molecular weight excluding hydrogens is 478 g/mol. The molecule has 8 heteroatoms. The Bertz CT molecular complexity index is 1310. The fourth-order valence-corrected chi connectivity index (χ4v) is 4.73. The fourth-order valence-electron chi connectivity index (χ4n) is 4.73. The van der Waals surface area contributed by atoms with E-state index >= 15 is 0 Å². The molecule has 2 N–H and O–H groups in total. The minimum atomic E-state index is -0.0497. The number of amides is 1. The second kappa shape index (κ2) is 10.3. The Kier molecular flexibility index (Phi) is 7.46.